The third-order valence-corrected chi connectivity index (χ3v) is 4.79. The number of aryl methyl sites for hydroxylation is 2. The highest BCUT2D eigenvalue weighted by Crippen LogP contribution is 2.29. The Morgan fingerprint density at radius 3 is 2.38 bits per heavy atom. The highest BCUT2D eigenvalue weighted by molar-refractivity contribution is 7.14. The summed E-state index contributed by atoms with van der Waals surface area (Å²) < 4.78 is 10.9. The molecule has 1 aromatic carbocycles. The van der Waals surface area contributed by atoms with Crippen LogP contribution in [0.15, 0.2) is 24.3 Å². The minimum Gasteiger partial charge on any atom is -0.493 e. The topological polar surface area (TPSA) is 76.7 Å². The summed E-state index contributed by atoms with van der Waals surface area (Å²) >= 11 is 1.41. The van der Waals surface area contributed by atoms with Crippen molar-refractivity contribution in [1.82, 2.24) is 10.9 Å². The zero-order chi connectivity index (χ0) is 19.3. The molecule has 2 aromatic rings. The van der Waals surface area contributed by atoms with Gasteiger partial charge in [-0.3, -0.25) is 20.4 Å². The number of carbonyl (C=O) groups excluding carboxylic acids is 2. The van der Waals surface area contributed by atoms with Gasteiger partial charge in [0, 0.05) is 10.4 Å². The molecule has 7 heteroatoms. The zero-order valence-electron chi connectivity index (χ0n) is 15.6. The molecule has 0 radical (unpaired) electrons. The van der Waals surface area contributed by atoms with E-state index in [1.807, 2.05) is 33.8 Å². The van der Waals surface area contributed by atoms with Gasteiger partial charge in [-0.2, -0.15) is 0 Å². The largest absolute Gasteiger partial charge is 0.493 e. The van der Waals surface area contributed by atoms with Gasteiger partial charge >= 0.3 is 0 Å². The van der Waals surface area contributed by atoms with E-state index in [1.165, 1.54) is 18.4 Å². The molecule has 6 nitrogen and oxygen atoms in total. The molecule has 26 heavy (non-hydrogen) atoms. The first kappa shape index (κ1) is 19.8. The first-order valence-electron chi connectivity index (χ1n) is 8.40. The minimum absolute atomic E-state index is 0.00914. The van der Waals surface area contributed by atoms with Gasteiger partial charge in [-0.1, -0.05) is 6.92 Å². The fourth-order valence-electron chi connectivity index (χ4n) is 2.39. The maximum atomic E-state index is 12.3. The molecule has 0 fully saturated rings. The van der Waals surface area contributed by atoms with Crippen molar-refractivity contribution in [2.75, 3.05) is 7.11 Å². The van der Waals surface area contributed by atoms with E-state index < -0.39 is 5.91 Å². The molecule has 2 rings (SSSR count). The minimum atomic E-state index is -0.434. The molecule has 1 aromatic heterocycles. The van der Waals surface area contributed by atoms with Crippen molar-refractivity contribution in [3.63, 3.8) is 0 Å². The molecular formula is C19H24N2O4S. The molecule has 0 unspecified atom stereocenters. The Hall–Kier alpha value is -2.54. The molecule has 0 saturated heterocycles. The van der Waals surface area contributed by atoms with Crippen molar-refractivity contribution in [3.8, 4) is 11.5 Å². The van der Waals surface area contributed by atoms with Gasteiger partial charge in [0.05, 0.1) is 18.1 Å². The maximum absolute atomic E-state index is 12.3. The molecule has 0 aliphatic heterocycles. The van der Waals surface area contributed by atoms with Crippen molar-refractivity contribution < 1.29 is 19.1 Å². The quantitative estimate of drug-likeness (QED) is 0.757. The summed E-state index contributed by atoms with van der Waals surface area (Å²) in [6, 6.07) is 6.71. The van der Waals surface area contributed by atoms with Gasteiger partial charge in [-0.15, -0.1) is 11.3 Å². The normalized spacial score (nSPS) is 10.5. The maximum Gasteiger partial charge on any atom is 0.279 e. The lowest BCUT2D eigenvalue weighted by Crippen LogP contribution is -2.41. The molecule has 0 aliphatic carbocycles. The number of thiophene rings is 1. The fourth-order valence-corrected chi connectivity index (χ4v) is 3.40. The first-order chi connectivity index (χ1) is 12.3. The zero-order valence-corrected chi connectivity index (χ0v) is 16.5. The van der Waals surface area contributed by atoms with Crippen LogP contribution in [0.1, 0.15) is 51.2 Å². The number of ether oxygens (including phenoxy) is 2. The van der Waals surface area contributed by atoms with Crippen LogP contribution in [0.2, 0.25) is 0 Å². The standard InChI is InChI=1S/C19H24N2O4S/c1-6-13-10-17(26-12(13)4)19(23)21-20-18(22)14-7-8-15(25-11(2)3)16(9-14)24-5/h7-11H,6H2,1-5H3,(H,20,22)(H,21,23). The average molecular weight is 376 g/mol. The number of carbonyl (C=O) groups is 2. The molecule has 0 aliphatic rings. The highest BCUT2D eigenvalue weighted by atomic mass is 32.1. The molecule has 0 saturated carbocycles. The molecule has 1 heterocycles. The first-order valence-corrected chi connectivity index (χ1v) is 9.22. The summed E-state index contributed by atoms with van der Waals surface area (Å²) in [6.07, 6.45) is 0.858. The molecule has 0 atom stereocenters. The van der Waals surface area contributed by atoms with Crippen molar-refractivity contribution in [2.24, 2.45) is 0 Å². The van der Waals surface area contributed by atoms with E-state index in [4.69, 9.17) is 9.47 Å². The van der Waals surface area contributed by atoms with Gasteiger partial charge in [-0.05, 0) is 57.0 Å². The number of hydrogen-bond acceptors (Lipinski definition) is 5. The summed E-state index contributed by atoms with van der Waals surface area (Å²) in [5.41, 5.74) is 6.37. The van der Waals surface area contributed by atoms with Crippen LogP contribution in [0.3, 0.4) is 0 Å². The van der Waals surface area contributed by atoms with Crippen molar-refractivity contribution >= 4 is 23.2 Å². The van der Waals surface area contributed by atoms with E-state index in [1.54, 1.807) is 18.2 Å². The fraction of sp³-hybridized carbons (Fsp3) is 0.368. The lowest BCUT2D eigenvalue weighted by atomic mass is 10.2. The predicted octanol–water partition coefficient (Wildman–Crippen LogP) is 3.49. The van der Waals surface area contributed by atoms with Gasteiger partial charge in [0.1, 0.15) is 0 Å². The average Bonchev–Trinajstić information content (AvgIpc) is 3.00. The van der Waals surface area contributed by atoms with E-state index in [0.717, 1.165) is 16.9 Å². The number of amides is 2. The molecule has 0 spiro atoms. The van der Waals surface area contributed by atoms with Gasteiger partial charge < -0.3 is 9.47 Å². The van der Waals surface area contributed by atoms with Gasteiger partial charge in [0.15, 0.2) is 11.5 Å². The van der Waals surface area contributed by atoms with Crippen molar-refractivity contribution in [2.45, 2.75) is 40.2 Å². The van der Waals surface area contributed by atoms with Crippen LogP contribution >= 0.6 is 11.3 Å². The van der Waals surface area contributed by atoms with Crippen LogP contribution in [0.5, 0.6) is 11.5 Å². The van der Waals surface area contributed by atoms with E-state index in [-0.39, 0.29) is 12.0 Å². The summed E-state index contributed by atoms with van der Waals surface area (Å²) in [5.74, 6) is 0.248. The number of hydrogen-bond donors (Lipinski definition) is 2. The van der Waals surface area contributed by atoms with Gasteiger partial charge in [0.2, 0.25) is 0 Å². The second-order valence-corrected chi connectivity index (χ2v) is 7.24. The van der Waals surface area contributed by atoms with Crippen molar-refractivity contribution in [3.05, 3.63) is 45.1 Å². The Bertz CT molecular complexity index is 799. The Kier molecular flexibility index (Phi) is 6.63. The van der Waals surface area contributed by atoms with Crippen LogP contribution in [0.4, 0.5) is 0 Å². The number of rotatable bonds is 6. The van der Waals surface area contributed by atoms with E-state index in [2.05, 4.69) is 10.9 Å². The van der Waals surface area contributed by atoms with Crippen LogP contribution in [-0.4, -0.2) is 25.0 Å². The molecule has 2 amide bonds. The molecular weight excluding hydrogens is 352 g/mol. The number of benzene rings is 1. The Balaban J connectivity index is 2.03. The summed E-state index contributed by atoms with van der Waals surface area (Å²) in [7, 11) is 1.51. The predicted molar refractivity (Wildman–Crippen MR) is 102 cm³/mol. The Labute approximate surface area is 157 Å². The number of hydrazine groups is 1. The van der Waals surface area contributed by atoms with Crippen molar-refractivity contribution in [1.29, 1.82) is 0 Å². The van der Waals surface area contributed by atoms with E-state index >= 15 is 0 Å². The lowest BCUT2D eigenvalue weighted by Gasteiger charge is -2.14. The second kappa shape index (κ2) is 8.71. The Morgan fingerprint density at radius 2 is 1.81 bits per heavy atom. The third-order valence-electron chi connectivity index (χ3n) is 3.70. The number of nitrogens with one attached hydrogen (secondary N) is 2. The monoisotopic (exact) mass is 376 g/mol. The highest BCUT2D eigenvalue weighted by Gasteiger charge is 2.15. The smallest absolute Gasteiger partial charge is 0.279 e. The van der Waals surface area contributed by atoms with E-state index in [0.29, 0.717) is 21.9 Å². The third kappa shape index (κ3) is 4.76. The molecule has 140 valence electrons. The van der Waals surface area contributed by atoms with Gasteiger partial charge in [-0.25, -0.2) is 0 Å². The number of methoxy groups -OCH3 is 1. The second-order valence-electron chi connectivity index (χ2n) is 5.99. The summed E-state index contributed by atoms with van der Waals surface area (Å²) in [4.78, 5) is 26.2. The SMILES string of the molecule is CCc1cc(C(=O)NNC(=O)c2ccc(OC(C)C)c(OC)c2)sc1C. The van der Waals surface area contributed by atoms with Crippen LogP contribution in [0.25, 0.3) is 0 Å². The lowest BCUT2D eigenvalue weighted by molar-refractivity contribution is 0.0848. The molecule has 2 N–H and O–H groups in total. The van der Waals surface area contributed by atoms with Crippen LogP contribution < -0.4 is 20.3 Å². The van der Waals surface area contributed by atoms with E-state index in [9.17, 15) is 9.59 Å². The summed E-state index contributed by atoms with van der Waals surface area (Å²) in [5, 5.41) is 0. The summed E-state index contributed by atoms with van der Waals surface area (Å²) in [6.45, 7) is 7.84. The van der Waals surface area contributed by atoms with Crippen LogP contribution in [0, 0.1) is 6.92 Å². The Morgan fingerprint density at radius 1 is 1.12 bits per heavy atom. The molecule has 0 bridgehead atoms. The van der Waals surface area contributed by atoms with Gasteiger partial charge in [0.25, 0.3) is 11.8 Å². The van der Waals surface area contributed by atoms with Crippen LogP contribution in [-0.2, 0) is 6.42 Å².